The predicted molar refractivity (Wildman–Crippen MR) is 73.9 cm³/mol. The van der Waals surface area contributed by atoms with Crippen molar-refractivity contribution in [1.29, 1.82) is 0 Å². The molecule has 2 rings (SSSR count). The molecule has 1 unspecified atom stereocenters. The van der Waals surface area contributed by atoms with Gasteiger partial charge in [0.05, 0.1) is 0 Å². The first kappa shape index (κ1) is 13.7. The molecule has 0 aromatic heterocycles. The number of nitrogens with one attached hydrogen (secondary N) is 1. The smallest absolute Gasteiger partial charge is 0.131 e. The average Bonchev–Trinajstić information content (AvgIpc) is 2.42. The van der Waals surface area contributed by atoms with Gasteiger partial charge < -0.3 is 5.32 Å². The summed E-state index contributed by atoms with van der Waals surface area (Å²) in [7, 11) is 0. The largest absolute Gasteiger partial charge is 0.310 e. The molecule has 0 aliphatic heterocycles. The Morgan fingerprint density at radius 1 is 1.05 bits per heavy atom. The zero-order valence-electron chi connectivity index (χ0n) is 11.1. The van der Waals surface area contributed by atoms with Gasteiger partial charge in [0, 0.05) is 11.6 Å². The molecule has 19 heavy (non-hydrogen) atoms. The van der Waals surface area contributed by atoms with Crippen LogP contribution in [-0.4, -0.2) is 6.54 Å². The van der Waals surface area contributed by atoms with E-state index in [2.05, 4.69) is 12.2 Å². The standard InChI is InChI=1S/C16H17F2N/c1-3-19-11(2)12-4-6-13(7-5-12)15-10-14(17)8-9-16(15)18/h4-11,19H,3H2,1-2H3. The molecule has 0 fully saturated rings. The zero-order chi connectivity index (χ0) is 13.8. The Kier molecular flexibility index (Phi) is 4.27. The SMILES string of the molecule is CCNC(C)c1ccc(-c2cc(F)ccc2F)cc1. The summed E-state index contributed by atoms with van der Waals surface area (Å²) >= 11 is 0. The van der Waals surface area contributed by atoms with Crippen molar-refractivity contribution in [3.8, 4) is 11.1 Å². The lowest BCUT2D eigenvalue weighted by Gasteiger charge is -2.13. The lowest BCUT2D eigenvalue weighted by Crippen LogP contribution is -2.17. The van der Waals surface area contributed by atoms with Crippen molar-refractivity contribution in [1.82, 2.24) is 5.32 Å². The molecule has 0 saturated carbocycles. The second-order valence-electron chi connectivity index (χ2n) is 4.53. The molecule has 1 atom stereocenters. The lowest BCUT2D eigenvalue weighted by atomic mass is 10.0. The summed E-state index contributed by atoms with van der Waals surface area (Å²) in [5, 5.41) is 3.31. The quantitative estimate of drug-likeness (QED) is 0.865. The molecule has 0 aliphatic carbocycles. The third-order valence-electron chi connectivity index (χ3n) is 3.16. The van der Waals surface area contributed by atoms with Crippen molar-refractivity contribution in [2.75, 3.05) is 6.54 Å². The van der Waals surface area contributed by atoms with E-state index in [4.69, 9.17) is 0 Å². The Morgan fingerprint density at radius 3 is 2.37 bits per heavy atom. The summed E-state index contributed by atoms with van der Waals surface area (Å²) in [4.78, 5) is 0. The van der Waals surface area contributed by atoms with Crippen molar-refractivity contribution in [3.05, 3.63) is 59.7 Å². The third kappa shape index (κ3) is 3.18. The van der Waals surface area contributed by atoms with E-state index >= 15 is 0 Å². The Labute approximate surface area is 112 Å². The van der Waals surface area contributed by atoms with Crippen LogP contribution in [0.3, 0.4) is 0 Å². The van der Waals surface area contributed by atoms with Gasteiger partial charge in [-0.05, 0) is 42.8 Å². The number of halogens is 2. The van der Waals surface area contributed by atoms with Gasteiger partial charge in [0.2, 0.25) is 0 Å². The van der Waals surface area contributed by atoms with Crippen LogP contribution in [0.4, 0.5) is 8.78 Å². The van der Waals surface area contributed by atoms with Crippen LogP contribution in [0.25, 0.3) is 11.1 Å². The van der Waals surface area contributed by atoms with Gasteiger partial charge in [0.25, 0.3) is 0 Å². The van der Waals surface area contributed by atoms with Crippen LogP contribution in [0.15, 0.2) is 42.5 Å². The Morgan fingerprint density at radius 2 is 1.74 bits per heavy atom. The highest BCUT2D eigenvalue weighted by molar-refractivity contribution is 5.64. The van der Waals surface area contributed by atoms with Gasteiger partial charge in [0.1, 0.15) is 11.6 Å². The molecule has 0 saturated heterocycles. The topological polar surface area (TPSA) is 12.0 Å². The molecular weight excluding hydrogens is 244 g/mol. The Balaban J connectivity index is 2.29. The second kappa shape index (κ2) is 5.93. The first-order valence-corrected chi connectivity index (χ1v) is 6.40. The molecule has 0 radical (unpaired) electrons. The second-order valence-corrected chi connectivity index (χ2v) is 4.53. The van der Waals surface area contributed by atoms with Crippen molar-refractivity contribution in [2.24, 2.45) is 0 Å². The molecule has 1 N–H and O–H groups in total. The van der Waals surface area contributed by atoms with Crippen LogP contribution >= 0.6 is 0 Å². The van der Waals surface area contributed by atoms with Crippen LogP contribution in [0, 0.1) is 11.6 Å². The molecule has 100 valence electrons. The normalized spacial score (nSPS) is 12.4. The fourth-order valence-corrected chi connectivity index (χ4v) is 2.09. The maximum atomic E-state index is 13.7. The van der Waals surface area contributed by atoms with Gasteiger partial charge in [-0.2, -0.15) is 0 Å². The molecule has 2 aromatic rings. The van der Waals surface area contributed by atoms with Gasteiger partial charge >= 0.3 is 0 Å². The third-order valence-corrected chi connectivity index (χ3v) is 3.16. The van der Waals surface area contributed by atoms with Gasteiger partial charge in [-0.3, -0.25) is 0 Å². The van der Waals surface area contributed by atoms with E-state index in [9.17, 15) is 8.78 Å². The summed E-state index contributed by atoms with van der Waals surface area (Å²) < 4.78 is 26.8. The number of hydrogen-bond acceptors (Lipinski definition) is 1. The van der Waals surface area contributed by atoms with Gasteiger partial charge in [0.15, 0.2) is 0 Å². The van der Waals surface area contributed by atoms with Crippen LogP contribution in [0.5, 0.6) is 0 Å². The monoisotopic (exact) mass is 261 g/mol. The molecule has 3 heteroatoms. The Hall–Kier alpha value is -1.74. The highest BCUT2D eigenvalue weighted by Gasteiger charge is 2.08. The van der Waals surface area contributed by atoms with Crippen molar-refractivity contribution in [2.45, 2.75) is 19.9 Å². The summed E-state index contributed by atoms with van der Waals surface area (Å²) in [6.45, 7) is 5.01. The first-order valence-electron chi connectivity index (χ1n) is 6.40. The summed E-state index contributed by atoms with van der Waals surface area (Å²) in [5.41, 5.74) is 2.11. The van der Waals surface area contributed by atoms with E-state index in [0.717, 1.165) is 24.2 Å². The van der Waals surface area contributed by atoms with Crippen LogP contribution in [0.1, 0.15) is 25.5 Å². The fraction of sp³-hybridized carbons (Fsp3) is 0.250. The van der Waals surface area contributed by atoms with E-state index in [-0.39, 0.29) is 6.04 Å². The summed E-state index contributed by atoms with van der Waals surface area (Å²) in [5.74, 6) is -0.838. The van der Waals surface area contributed by atoms with E-state index < -0.39 is 11.6 Å². The molecule has 1 nitrogen and oxygen atoms in total. The van der Waals surface area contributed by atoms with Gasteiger partial charge in [-0.15, -0.1) is 0 Å². The van der Waals surface area contributed by atoms with Crippen molar-refractivity contribution < 1.29 is 8.78 Å². The molecule has 0 heterocycles. The number of rotatable bonds is 4. The summed E-state index contributed by atoms with van der Waals surface area (Å²) in [6.07, 6.45) is 0. The van der Waals surface area contributed by atoms with E-state index in [0.29, 0.717) is 11.1 Å². The van der Waals surface area contributed by atoms with Gasteiger partial charge in [-0.25, -0.2) is 8.78 Å². The molecule has 0 aliphatic rings. The molecule has 0 spiro atoms. The van der Waals surface area contributed by atoms with Crippen molar-refractivity contribution in [3.63, 3.8) is 0 Å². The highest BCUT2D eigenvalue weighted by Crippen LogP contribution is 2.25. The maximum absolute atomic E-state index is 13.7. The minimum atomic E-state index is -0.429. The number of hydrogen-bond donors (Lipinski definition) is 1. The van der Waals surface area contributed by atoms with E-state index in [1.807, 2.05) is 31.2 Å². The van der Waals surface area contributed by atoms with Gasteiger partial charge in [-0.1, -0.05) is 31.2 Å². The molecule has 0 amide bonds. The highest BCUT2D eigenvalue weighted by atomic mass is 19.1. The predicted octanol–water partition coefficient (Wildman–Crippen LogP) is 4.30. The zero-order valence-corrected chi connectivity index (χ0v) is 11.1. The number of benzene rings is 2. The lowest BCUT2D eigenvalue weighted by molar-refractivity contribution is 0.598. The molecule has 2 aromatic carbocycles. The van der Waals surface area contributed by atoms with E-state index in [1.165, 1.54) is 6.07 Å². The fourth-order valence-electron chi connectivity index (χ4n) is 2.09. The minimum Gasteiger partial charge on any atom is -0.310 e. The summed E-state index contributed by atoms with van der Waals surface area (Å²) in [6, 6.07) is 11.3. The Bertz CT molecular complexity index is 549. The van der Waals surface area contributed by atoms with E-state index in [1.54, 1.807) is 0 Å². The minimum absolute atomic E-state index is 0.247. The van der Waals surface area contributed by atoms with Crippen LogP contribution in [0.2, 0.25) is 0 Å². The maximum Gasteiger partial charge on any atom is 0.131 e. The van der Waals surface area contributed by atoms with Crippen molar-refractivity contribution >= 4 is 0 Å². The molecular formula is C16H17F2N. The average molecular weight is 261 g/mol. The first-order chi connectivity index (χ1) is 9.11. The van der Waals surface area contributed by atoms with Crippen LogP contribution in [-0.2, 0) is 0 Å². The van der Waals surface area contributed by atoms with Crippen LogP contribution < -0.4 is 5.32 Å². The molecule has 0 bridgehead atoms.